The van der Waals surface area contributed by atoms with Crippen molar-refractivity contribution in [3.05, 3.63) is 70.9 Å². The zero-order valence-electron chi connectivity index (χ0n) is 12.8. The van der Waals surface area contributed by atoms with Gasteiger partial charge in [0.05, 0.1) is 0 Å². The Bertz CT molecular complexity index is 886. The highest BCUT2D eigenvalue weighted by Gasteiger charge is 2.21. The molecule has 5 nitrogen and oxygen atoms in total. The Balaban J connectivity index is 1.96. The molecule has 2 N–H and O–H groups in total. The predicted molar refractivity (Wildman–Crippen MR) is 93.6 cm³/mol. The standard InChI is InChI=1S/C18H14N2O3S/c1-11-2-4-12(5-3-11)14-10-24-17(15(14)18(22)23)20-16(21)13-6-8-19-9-7-13/h2-10H,1H3,(H,20,21)(H,22,23). The van der Waals surface area contributed by atoms with E-state index in [-0.39, 0.29) is 11.5 Å². The third-order valence-corrected chi connectivity index (χ3v) is 4.43. The molecule has 3 rings (SSSR count). The number of rotatable bonds is 4. The number of nitrogens with zero attached hydrogens (tertiary/aromatic N) is 1. The van der Waals surface area contributed by atoms with Gasteiger partial charge in [0.15, 0.2) is 0 Å². The Kier molecular flexibility index (Phi) is 4.39. The number of aryl methyl sites for hydroxylation is 1. The van der Waals surface area contributed by atoms with Crippen LogP contribution in [0.1, 0.15) is 26.3 Å². The van der Waals surface area contributed by atoms with E-state index < -0.39 is 5.97 Å². The lowest BCUT2D eigenvalue weighted by Crippen LogP contribution is -2.13. The molecule has 0 fully saturated rings. The maximum absolute atomic E-state index is 12.3. The molecule has 0 radical (unpaired) electrons. The summed E-state index contributed by atoms with van der Waals surface area (Å²) < 4.78 is 0. The van der Waals surface area contributed by atoms with Gasteiger partial charge in [-0.25, -0.2) is 4.79 Å². The minimum Gasteiger partial charge on any atom is -0.478 e. The van der Waals surface area contributed by atoms with E-state index in [1.807, 2.05) is 31.2 Å². The number of nitrogens with one attached hydrogen (secondary N) is 1. The lowest BCUT2D eigenvalue weighted by molar-refractivity contribution is 0.0699. The van der Waals surface area contributed by atoms with Crippen molar-refractivity contribution in [3.8, 4) is 11.1 Å². The van der Waals surface area contributed by atoms with Gasteiger partial charge in [-0.05, 0) is 24.6 Å². The minimum atomic E-state index is -1.07. The molecule has 24 heavy (non-hydrogen) atoms. The van der Waals surface area contributed by atoms with Crippen LogP contribution in [0.5, 0.6) is 0 Å². The van der Waals surface area contributed by atoms with Gasteiger partial charge in [0.25, 0.3) is 5.91 Å². The molecule has 0 unspecified atom stereocenters. The van der Waals surface area contributed by atoms with Crippen LogP contribution in [0, 0.1) is 6.92 Å². The molecule has 0 bridgehead atoms. The van der Waals surface area contributed by atoms with E-state index in [0.717, 1.165) is 11.1 Å². The molecule has 1 amide bonds. The molecule has 0 spiro atoms. The first kappa shape index (κ1) is 15.9. The summed E-state index contributed by atoms with van der Waals surface area (Å²) in [6.07, 6.45) is 3.03. The summed E-state index contributed by atoms with van der Waals surface area (Å²) in [7, 11) is 0. The van der Waals surface area contributed by atoms with Crippen molar-refractivity contribution in [2.24, 2.45) is 0 Å². The van der Waals surface area contributed by atoms with Crippen LogP contribution in [0.4, 0.5) is 5.00 Å². The van der Waals surface area contributed by atoms with E-state index in [2.05, 4.69) is 10.3 Å². The molecule has 0 saturated carbocycles. The van der Waals surface area contributed by atoms with Gasteiger partial charge >= 0.3 is 5.97 Å². The molecular formula is C18H14N2O3S. The molecular weight excluding hydrogens is 324 g/mol. The smallest absolute Gasteiger partial charge is 0.339 e. The van der Waals surface area contributed by atoms with Gasteiger partial charge < -0.3 is 10.4 Å². The molecule has 2 heterocycles. The lowest BCUT2D eigenvalue weighted by Gasteiger charge is -2.06. The topological polar surface area (TPSA) is 79.3 Å². The normalized spacial score (nSPS) is 10.4. The number of carbonyl (C=O) groups excluding carboxylic acids is 1. The number of hydrogen-bond acceptors (Lipinski definition) is 4. The Morgan fingerprint density at radius 2 is 1.75 bits per heavy atom. The van der Waals surface area contributed by atoms with Crippen molar-refractivity contribution in [1.29, 1.82) is 0 Å². The van der Waals surface area contributed by atoms with E-state index in [1.165, 1.54) is 23.7 Å². The van der Waals surface area contributed by atoms with Crippen molar-refractivity contribution < 1.29 is 14.7 Å². The number of pyridine rings is 1. The van der Waals surface area contributed by atoms with Gasteiger partial charge in [0, 0.05) is 28.9 Å². The number of benzene rings is 1. The largest absolute Gasteiger partial charge is 0.478 e. The summed E-state index contributed by atoms with van der Waals surface area (Å²) in [5.41, 5.74) is 3.02. The summed E-state index contributed by atoms with van der Waals surface area (Å²) in [6, 6.07) is 10.7. The van der Waals surface area contributed by atoms with Crippen LogP contribution in [0.15, 0.2) is 54.2 Å². The fourth-order valence-electron chi connectivity index (χ4n) is 2.29. The Morgan fingerprint density at radius 3 is 2.38 bits per heavy atom. The second-order valence-corrected chi connectivity index (χ2v) is 6.09. The van der Waals surface area contributed by atoms with Crippen molar-refractivity contribution in [3.63, 3.8) is 0 Å². The van der Waals surface area contributed by atoms with E-state index in [0.29, 0.717) is 16.1 Å². The van der Waals surface area contributed by atoms with Crippen LogP contribution >= 0.6 is 11.3 Å². The number of aromatic nitrogens is 1. The van der Waals surface area contributed by atoms with Crippen molar-refractivity contribution in [2.75, 3.05) is 5.32 Å². The molecule has 3 aromatic rings. The van der Waals surface area contributed by atoms with Crippen LogP contribution in [0.2, 0.25) is 0 Å². The third kappa shape index (κ3) is 3.18. The summed E-state index contributed by atoms with van der Waals surface area (Å²) >= 11 is 1.20. The van der Waals surface area contributed by atoms with Crippen LogP contribution in [-0.4, -0.2) is 22.0 Å². The first-order chi connectivity index (χ1) is 11.6. The number of thiophene rings is 1. The zero-order chi connectivity index (χ0) is 17.1. The van der Waals surface area contributed by atoms with Crippen LogP contribution in [-0.2, 0) is 0 Å². The fraction of sp³-hybridized carbons (Fsp3) is 0.0556. The van der Waals surface area contributed by atoms with Crippen molar-refractivity contribution in [2.45, 2.75) is 6.92 Å². The molecule has 2 aromatic heterocycles. The molecule has 0 aliphatic carbocycles. The molecule has 0 aliphatic rings. The van der Waals surface area contributed by atoms with Crippen molar-refractivity contribution in [1.82, 2.24) is 4.98 Å². The Labute approximate surface area is 142 Å². The first-order valence-corrected chi connectivity index (χ1v) is 8.07. The highest BCUT2D eigenvalue weighted by Crippen LogP contribution is 2.36. The van der Waals surface area contributed by atoms with E-state index in [1.54, 1.807) is 17.5 Å². The minimum absolute atomic E-state index is 0.103. The molecule has 0 atom stereocenters. The quantitative estimate of drug-likeness (QED) is 0.751. The average Bonchev–Trinajstić information content (AvgIpc) is 3.00. The second kappa shape index (κ2) is 6.64. The van der Waals surface area contributed by atoms with E-state index in [9.17, 15) is 14.7 Å². The Hall–Kier alpha value is -2.99. The number of carboxylic acid groups (broad SMARTS) is 1. The fourth-order valence-corrected chi connectivity index (χ4v) is 3.24. The van der Waals surface area contributed by atoms with Crippen molar-refractivity contribution >= 4 is 28.2 Å². The molecule has 120 valence electrons. The second-order valence-electron chi connectivity index (χ2n) is 5.21. The first-order valence-electron chi connectivity index (χ1n) is 7.19. The summed E-state index contributed by atoms with van der Waals surface area (Å²) in [5.74, 6) is -1.44. The number of amides is 1. The molecule has 6 heteroatoms. The number of aromatic carboxylic acids is 1. The number of carboxylic acids is 1. The van der Waals surface area contributed by atoms with E-state index in [4.69, 9.17) is 0 Å². The van der Waals surface area contributed by atoms with Gasteiger partial charge in [-0.3, -0.25) is 9.78 Å². The maximum atomic E-state index is 12.3. The van der Waals surface area contributed by atoms with Gasteiger partial charge in [-0.1, -0.05) is 29.8 Å². The maximum Gasteiger partial charge on any atom is 0.339 e. The average molecular weight is 338 g/mol. The highest BCUT2D eigenvalue weighted by atomic mass is 32.1. The molecule has 0 aliphatic heterocycles. The monoisotopic (exact) mass is 338 g/mol. The Morgan fingerprint density at radius 1 is 1.08 bits per heavy atom. The van der Waals surface area contributed by atoms with Gasteiger partial charge in [0.1, 0.15) is 10.6 Å². The summed E-state index contributed by atoms with van der Waals surface area (Å²) in [6.45, 7) is 1.97. The summed E-state index contributed by atoms with van der Waals surface area (Å²) in [4.78, 5) is 27.8. The molecule has 1 aromatic carbocycles. The van der Waals surface area contributed by atoms with Crippen LogP contribution < -0.4 is 5.32 Å². The van der Waals surface area contributed by atoms with Gasteiger partial charge in [-0.15, -0.1) is 11.3 Å². The van der Waals surface area contributed by atoms with Gasteiger partial charge in [-0.2, -0.15) is 0 Å². The predicted octanol–water partition coefficient (Wildman–Crippen LogP) is 4.07. The number of hydrogen-bond donors (Lipinski definition) is 2. The third-order valence-electron chi connectivity index (χ3n) is 3.54. The van der Waals surface area contributed by atoms with Crippen LogP contribution in [0.25, 0.3) is 11.1 Å². The van der Waals surface area contributed by atoms with Gasteiger partial charge in [0.2, 0.25) is 0 Å². The molecule has 0 saturated heterocycles. The number of carbonyl (C=O) groups is 2. The van der Waals surface area contributed by atoms with E-state index >= 15 is 0 Å². The SMILES string of the molecule is Cc1ccc(-c2csc(NC(=O)c3ccncc3)c2C(=O)O)cc1. The zero-order valence-corrected chi connectivity index (χ0v) is 13.6. The lowest BCUT2D eigenvalue weighted by atomic mass is 10.0. The number of anilines is 1. The van der Waals surface area contributed by atoms with Crippen LogP contribution in [0.3, 0.4) is 0 Å². The summed E-state index contributed by atoms with van der Waals surface area (Å²) in [5, 5.41) is 14.3. The highest BCUT2D eigenvalue weighted by molar-refractivity contribution is 7.15.